The van der Waals surface area contributed by atoms with Gasteiger partial charge >= 0.3 is 0 Å². The summed E-state index contributed by atoms with van der Waals surface area (Å²) in [6.07, 6.45) is 1.20. The Kier molecular flexibility index (Phi) is 3.74. The third kappa shape index (κ3) is 3.05. The molecular weight excluding hydrogens is 220 g/mol. The normalized spacial score (nSPS) is 18.4. The molecule has 1 aromatic rings. The van der Waals surface area contributed by atoms with Crippen molar-refractivity contribution in [3.63, 3.8) is 0 Å². The Morgan fingerprint density at radius 2 is 2.24 bits per heavy atom. The summed E-state index contributed by atoms with van der Waals surface area (Å²) in [4.78, 5) is 16.2. The topological polar surface area (TPSA) is 59.6 Å². The van der Waals surface area contributed by atoms with Crippen LogP contribution in [0.2, 0.25) is 0 Å². The fourth-order valence-electron chi connectivity index (χ4n) is 1.41. The minimum absolute atomic E-state index is 0.227. The molecule has 0 aliphatic carbocycles. The summed E-state index contributed by atoms with van der Waals surface area (Å²) in [7, 11) is 1.55. The van der Waals surface area contributed by atoms with Crippen molar-refractivity contribution in [1.82, 2.24) is 10.8 Å². The lowest BCUT2D eigenvalue weighted by Crippen LogP contribution is -2.25. The first-order valence-electron chi connectivity index (χ1n) is 5.31. The van der Waals surface area contributed by atoms with Gasteiger partial charge in [-0.3, -0.25) is 4.79 Å². The lowest BCUT2D eigenvalue weighted by molar-refractivity contribution is -0.122. The fourth-order valence-corrected chi connectivity index (χ4v) is 1.41. The van der Waals surface area contributed by atoms with Crippen LogP contribution in [0.3, 0.4) is 0 Å². The van der Waals surface area contributed by atoms with E-state index in [1.54, 1.807) is 13.1 Å². The number of hydroxylamine groups is 1. The number of ether oxygens (including phenoxy) is 1. The number of nitrogens with one attached hydrogen (secondary N) is 2. The number of benzene rings is 1. The maximum Gasteiger partial charge on any atom is 0.288 e. The molecule has 1 unspecified atom stereocenters. The van der Waals surface area contributed by atoms with Gasteiger partial charge in [0.15, 0.2) is 6.23 Å². The van der Waals surface area contributed by atoms with Crippen LogP contribution < -0.4 is 10.8 Å². The zero-order valence-electron chi connectivity index (χ0n) is 9.47. The van der Waals surface area contributed by atoms with Gasteiger partial charge in [-0.2, -0.15) is 0 Å². The quantitative estimate of drug-likeness (QED) is 0.805. The molecule has 0 aromatic heterocycles. The van der Waals surface area contributed by atoms with Gasteiger partial charge < -0.3 is 14.9 Å². The van der Waals surface area contributed by atoms with Crippen molar-refractivity contribution in [3.05, 3.63) is 47.7 Å². The Morgan fingerprint density at radius 3 is 2.94 bits per heavy atom. The SMILES string of the molecule is CNC(=O)C1=CC(OCc2ccccc2)NO1. The number of carbonyl (C=O) groups excluding carboxylic acids is 1. The van der Waals surface area contributed by atoms with Crippen molar-refractivity contribution in [3.8, 4) is 0 Å². The van der Waals surface area contributed by atoms with Gasteiger partial charge in [-0.05, 0) is 5.56 Å². The minimum atomic E-state index is -0.400. The Bertz CT molecular complexity index is 417. The van der Waals surface area contributed by atoms with E-state index >= 15 is 0 Å². The summed E-state index contributed by atoms with van der Waals surface area (Å²) in [6.45, 7) is 0.458. The Hall–Kier alpha value is -1.85. The highest BCUT2D eigenvalue weighted by Gasteiger charge is 2.21. The van der Waals surface area contributed by atoms with Crippen molar-refractivity contribution in [2.45, 2.75) is 12.8 Å². The molecule has 0 radical (unpaired) electrons. The van der Waals surface area contributed by atoms with Crippen LogP contribution in [0.5, 0.6) is 0 Å². The van der Waals surface area contributed by atoms with Crippen molar-refractivity contribution in [2.24, 2.45) is 0 Å². The monoisotopic (exact) mass is 234 g/mol. The van der Waals surface area contributed by atoms with E-state index < -0.39 is 6.23 Å². The fraction of sp³-hybridized carbons (Fsp3) is 0.250. The second-order valence-electron chi connectivity index (χ2n) is 3.55. The van der Waals surface area contributed by atoms with Gasteiger partial charge in [-0.15, -0.1) is 5.48 Å². The van der Waals surface area contributed by atoms with Gasteiger partial charge in [0, 0.05) is 13.1 Å². The highest BCUT2D eigenvalue weighted by Crippen LogP contribution is 2.10. The Morgan fingerprint density at radius 1 is 1.47 bits per heavy atom. The highest BCUT2D eigenvalue weighted by atomic mass is 16.7. The van der Waals surface area contributed by atoms with Crippen LogP contribution in [0.4, 0.5) is 0 Å². The highest BCUT2D eigenvalue weighted by molar-refractivity contribution is 5.91. The predicted molar refractivity (Wildman–Crippen MR) is 61.4 cm³/mol. The van der Waals surface area contributed by atoms with E-state index in [0.717, 1.165) is 5.56 Å². The van der Waals surface area contributed by atoms with Crippen LogP contribution in [0, 0.1) is 0 Å². The van der Waals surface area contributed by atoms with Crippen LogP contribution in [0.1, 0.15) is 5.56 Å². The second-order valence-corrected chi connectivity index (χ2v) is 3.55. The first kappa shape index (κ1) is 11.6. The number of amides is 1. The molecule has 1 amide bonds. The van der Waals surface area contributed by atoms with Gasteiger partial charge in [-0.25, -0.2) is 0 Å². The molecule has 0 bridgehead atoms. The lowest BCUT2D eigenvalue weighted by Gasteiger charge is -2.08. The van der Waals surface area contributed by atoms with E-state index in [1.807, 2.05) is 30.3 Å². The largest absolute Gasteiger partial charge is 0.400 e. The van der Waals surface area contributed by atoms with Gasteiger partial charge in [0.2, 0.25) is 5.76 Å². The van der Waals surface area contributed by atoms with Gasteiger partial charge in [0.05, 0.1) is 6.61 Å². The number of carbonyl (C=O) groups is 1. The molecule has 0 fully saturated rings. The zero-order chi connectivity index (χ0) is 12.1. The van der Waals surface area contributed by atoms with Gasteiger partial charge in [-0.1, -0.05) is 30.3 Å². The molecule has 90 valence electrons. The molecule has 0 saturated carbocycles. The molecule has 2 N–H and O–H groups in total. The molecule has 17 heavy (non-hydrogen) atoms. The van der Waals surface area contributed by atoms with Gasteiger partial charge in [0.1, 0.15) is 0 Å². The van der Waals surface area contributed by atoms with Crippen LogP contribution >= 0.6 is 0 Å². The molecule has 5 heteroatoms. The van der Waals surface area contributed by atoms with E-state index in [-0.39, 0.29) is 11.7 Å². The zero-order valence-corrected chi connectivity index (χ0v) is 9.47. The number of rotatable bonds is 4. The Balaban J connectivity index is 1.86. The molecule has 1 aromatic carbocycles. The molecule has 1 atom stereocenters. The van der Waals surface area contributed by atoms with E-state index in [2.05, 4.69) is 10.8 Å². The Labute approximate surface area is 99.4 Å². The standard InChI is InChI=1S/C12H14N2O3/c1-13-12(15)10-7-11(14-17-10)16-8-9-5-3-2-4-6-9/h2-7,11,14H,8H2,1H3,(H,13,15). The van der Waals surface area contributed by atoms with Crippen LogP contribution in [0.25, 0.3) is 0 Å². The first-order chi connectivity index (χ1) is 8.29. The van der Waals surface area contributed by atoms with E-state index in [9.17, 15) is 4.79 Å². The number of likely N-dealkylation sites (N-methyl/N-ethyl adjacent to an activating group) is 1. The number of hydrogen-bond donors (Lipinski definition) is 2. The average molecular weight is 234 g/mol. The lowest BCUT2D eigenvalue weighted by atomic mass is 10.2. The summed E-state index contributed by atoms with van der Waals surface area (Å²) in [6, 6.07) is 9.79. The van der Waals surface area contributed by atoms with Crippen molar-refractivity contribution < 1.29 is 14.4 Å². The molecular formula is C12H14N2O3. The minimum Gasteiger partial charge on any atom is -0.400 e. The van der Waals surface area contributed by atoms with Gasteiger partial charge in [0.25, 0.3) is 5.91 Å². The van der Waals surface area contributed by atoms with E-state index in [4.69, 9.17) is 9.57 Å². The molecule has 5 nitrogen and oxygen atoms in total. The van der Waals surface area contributed by atoms with E-state index in [0.29, 0.717) is 6.61 Å². The molecule has 1 aliphatic rings. The third-order valence-electron chi connectivity index (χ3n) is 2.31. The van der Waals surface area contributed by atoms with E-state index in [1.165, 1.54) is 0 Å². The van der Waals surface area contributed by atoms with Crippen LogP contribution in [-0.4, -0.2) is 19.2 Å². The summed E-state index contributed by atoms with van der Waals surface area (Å²) < 4.78 is 5.52. The molecule has 0 saturated heterocycles. The molecule has 1 heterocycles. The smallest absolute Gasteiger partial charge is 0.288 e. The summed E-state index contributed by atoms with van der Waals surface area (Å²) in [5.41, 5.74) is 3.68. The number of hydrogen-bond acceptors (Lipinski definition) is 4. The average Bonchev–Trinajstić information content (AvgIpc) is 2.85. The van der Waals surface area contributed by atoms with Crippen LogP contribution in [0.15, 0.2) is 42.2 Å². The summed E-state index contributed by atoms with van der Waals surface area (Å²) in [5, 5.41) is 2.47. The maximum atomic E-state index is 11.2. The van der Waals surface area contributed by atoms with Crippen molar-refractivity contribution >= 4 is 5.91 Å². The maximum absolute atomic E-state index is 11.2. The van der Waals surface area contributed by atoms with Crippen molar-refractivity contribution in [1.29, 1.82) is 0 Å². The molecule has 0 spiro atoms. The first-order valence-corrected chi connectivity index (χ1v) is 5.31. The summed E-state index contributed by atoms with van der Waals surface area (Å²) >= 11 is 0. The summed E-state index contributed by atoms with van der Waals surface area (Å²) in [5.74, 6) is -0.0473. The molecule has 2 rings (SSSR count). The molecule has 1 aliphatic heterocycles. The second kappa shape index (κ2) is 5.47. The predicted octanol–water partition coefficient (Wildman–Crippen LogP) is 0.694. The van der Waals surface area contributed by atoms with Crippen LogP contribution in [-0.2, 0) is 21.0 Å². The van der Waals surface area contributed by atoms with Crippen molar-refractivity contribution in [2.75, 3.05) is 7.05 Å². The third-order valence-corrected chi connectivity index (χ3v) is 2.31.